The lowest BCUT2D eigenvalue weighted by Gasteiger charge is -2.11. The second-order valence-corrected chi connectivity index (χ2v) is 7.36. The minimum absolute atomic E-state index is 0.237. The molecule has 27 heavy (non-hydrogen) atoms. The Labute approximate surface area is 169 Å². The molecule has 1 atom stereocenters. The van der Waals surface area contributed by atoms with Crippen molar-refractivity contribution < 1.29 is 4.74 Å². The number of thiocarbonyl (C=S) groups is 1. The zero-order valence-electron chi connectivity index (χ0n) is 15.5. The number of hydrogen-bond acceptors (Lipinski definition) is 4. The first-order valence-electron chi connectivity index (χ1n) is 9.00. The minimum Gasteiger partial charge on any atom is -0.376 e. The van der Waals surface area contributed by atoms with Gasteiger partial charge < -0.3 is 10.1 Å². The zero-order chi connectivity index (χ0) is 19.2. The van der Waals surface area contributed by atoms with E-state index in [0.29, 0.717) is 18.2 Å². The molecule has 2 heterocycles. The lowest BCUT2D eigenvalue weighted by atomic mass is 10.2. The Balaban J connectivity index is 1.58. The van der Waals surface area contributed by atoms with Crippen LogP contribution in [0.2, 0.25) is 5.02 Å². The van der Waals surface area contributed by atoms with Crippen LogP contribution in [0.4, 0.5) is 0 Å². The molecule has 1 aromatic heterocycles. The first-order valence-corrected chi connectivity index (χ1v) is 9.79. The molecule has 0 bridgehead atoms. The number of nitrogens with one attached hydrogen (secondary N) is 2. The van der Waals surface area contributed by atoms with Crippen LogP contribution >= 0.6 is 23.8 Å². The Morgan fingerprint density at radius 1 is 1.44 bits per heavy atom. The lowest BCUT2D eigenvalue weighted by Crippen LogP contribution is -2.37. The van der Waals surface area contributed by atoms with E-state index in [1.54, 1.807) is 6.21 Å². The minimum atomic E-state index is 0.237. The normalized spacial score (nSPS) is 16.8. The third kappa shape index (κ3) is 5.28. The molecule has 3 rings (SSSR count). The van der Waals surface area contributed by atoms with Crippen LogP contribution in [-0.2, 0) is 11.3 Å². The number of halogens is 1. The number of aryl methyl sites for hydroxylation is 1. The van der Waals surface area contributed by atoms with Gasteiger partial charge in [-0.3, -0.25) is 10.1 Å². The molecule has 0 spiro atoms. The summed E-state index contributed by atoms with van der Waals surface area (Å²) in [6.45, 7) is 6.14. The quantitative estimate of drug-likeness (QED) is 0.439. The van der Waals surface area contributed by atoms with Crippen LogP contribution in [0.1, 0.15) is 35.4 Å². The van der Waals surface area contributed by atoms with E-state index in [9.17, 15) is 0 Å². The SMILES string of the molecule is Cc1nn(Cc2ccccc2Cl)c(C)c1/C=N\NC(=S)NC[C@H]1CCCO1. The summed E-state index contributed by atoms with van der Waals surface area (Å²) in [5.74, 6) is 0. The largest absolute Gasteiger partial charge is 0.376 e. The van der Waals surface area contributed by atoms with Gasteiger partial charge in [0.15, 0.2) is 5.11 Å². The number of hydrazone groups is 1. The van der Waals surface area contributed by atoms with E-state index in [0.717, 1.165) is 47.0 Å². The molecule has 6 nitrogen and oxygen atoms in total. The predicted octanol–water partition coefficient (Wildman–Crippen LogP) is 3.18. The summed E-state index contributed by atoms with van der Waals surface area (Å²) in [7, 11) is 0. The molecule has 1 saturated heterocycles. The average molecular weight is 406 g/mol. The van der Waals surface area contributed by atoms with Crippen LogP contribution in [-0.4, -0.2) is 40.4 Å². The van der Waals surface area contributed by atoms with Crippen molar-refractivity contribution >= 4 is 35.1 Å². The maximum Gasteiger partial charge on any atom is 0.187 e. The van der Waals surface area contributed by atoms with Gasteiger partial charge in [0.1, 0.15) is 0 Å². The Bertz CT molecular complexity index is 830. The molecule has 0 saturated carbocycles. The van der Waals surface area contributed by atoms with Crippen molar-refractivity contribution in [3.63, 3.8) is 0 Å². The average Bonchev–Trinajstić information content (AvgIpc) is 3.25. The highest BCUT2D eigenvalue weighted by molar-refractivity contribution is 7.80. The smallest absolute Gasteiger partial charge is 0.187 e. The monoisotopic (exact) mass is 405 g/mol. The summed E-state index contributed by atoms with van der Waals surface area (Å²) >= 11 is 11.5. The van der Waals surface area contributed by atoms with Gasteiger partial charge in [-0.2, -0.15) is 10.2 Å². The van der Waals surface area contributed by atoms with Crippen molar-refractivity contribution in [2.45, 2.75) is 39.3 Å². The van der Waals surface area contributed by atoms with Crippen molar-refractivity contribution in [1.82, 2.24) is 20.5 Å². The van der Waals surface area contributed by atoms with E-state index in [-0.39, 0.29) is 6.10 Å². The molecular formula is C19H24ClN5OS. The highest BCUT2D eigenvalue weighted by atomic mass is 35.5. The number of rotatable bonds is 6. The Morgan fingerprint density at radius 2 is 2.26 bits per heavy atom. The molecule has 1 aliphatic heterocycles. The fourth-order valence-electron chi connectivity index (χ4n) is 3.05. The molecule has 1 aliphatic rings. The van der Waals surface area contributed by atoms with Gasteiger partial charge >= 0.3 is 0 Å². The van der Waals surface area contributed by atoms with Crippen LogP contribution < -0.4 is 10.7 Å². The van der Waals surface area contributed by atoms with Gasteiger partial charge in [-0.25, -0.2) is 0 Å². The summed E-state index contributed by atoms with van der Waals surface area (Å²) in [5, 5.41) is 13.2. The van der Waals surface area contributed by atoms with Crippen LogP contribution in [0.25, 0.3) is 0 Å². The van der Waals surface area contributed by atoms with Gasteiger partial charge in [-0.05, 0) is 50.5 Å². The van der Waals surface area contributed by atoms with Crippen LogP contribution in [0, 0.1) is 13.8 Å². The lowest BCUT2D eigenvalue weighted by molar-refractivity contribution is 0.114. The molecule has 2 N–H and O–H groups in total. The van der Waals surface area contributed by atoms with Crippen molar-refractivity contribution in [3.05, 3.63) is 51.8 Å². The van der Waals surface area contributed by atoms with E-state index in [1.165, 1.54) is 0 Å². The highest BCUT2D eigenvalue weighted by Gasteiger charge is 2.15. The molecule has 8 heteroatoms. The number of aromatic nitrogens is 2. The summed E-state index contributed by atoms with van der Waals surface area (Å²) < 4.78 is 7.50. The molecule has 2 aromatic rings. The van der Waals surface area contributed by atoms with Crippen molar-refractivity contribution in [2.24, 2.45) is 5.10 Å². The first-order chi connectivity index (χ1) is 13.0. The van der Waals surface area contributed by atoms with Crippen molar-refractivity contribution in [2.75, 3.05) is 13.2 Å². The first kappa shape index (κ1) is 19.8. The van der Waals surface area contributed by atoms with Gasteiger partial charge in [-0.15, -0.1) is 0 Å². The number of benzene rings is 1. The van der Waals surface area contributed by atoms with Gasteiger partial charge in [0.05, 0.1) is 24.6 Å². The predicted molar refractivity (Wildman–Crippen MR) is 113 cm³/mol. The molecule has 1 fully saturated rings. The Hall–Kier alpha value is -1.96. The van der Waals surface area contributed by atoms with Crippen LogP contribution in [0.15, 0.2) is 29.4 Å². The molecule has 0 amide bonds. The zero-order valence-corrected chi connectivity index (χ0v) is 17.1. The third-order valence-electron chi connectivity index (χ3n) is 4.59. The van der Waals surface area contributed by atoms with Crippen molar-refractivity contribution in [3.8, 4) is 0 Å². The Morgan fingerprint density at radius 3 is 3.00 bits per heavy atom. The fraction of sp³-hybridized carbons (Fsp3) is 0.421. The highest BCUT2D eigenvalue weighted by Crippen LogP contribution is 2.18. The van der Waals surface area contributed by atoms with E-state index in [4.69, 9.17) is 28.6 Å². The molecular weight excluding hydrogens is 382 g/mol. The van der Waals surface area contributed by atoms with Crippen molar-refractivity contribution in [1.29, 1.82) is 0 Å². The molecule has 0 unspecified atom stereocenters. The van der Waals surface area contributed by atoms with Gasteiger partial charge in [-0.1, -0.05) is 29.8 Å². The van der Waals surface area contributed by atoms with Crippen LogP contribution in [0.3, 0.4) is 0 Å². The topological polar surface area (TPSA) is 63.5 Å². The van der Waals surface area contributed by atoms with Gasteiger partial charge in [0.2, 0.25) is 0 Å². The van der Waals surface area contributed by atoms with Crippen LogP contribution in [0.5, 0.6) is 0 Å². The molecule has 1 aromatic carbocycles. The van der Waals surface area contributed by atoms with E-state index >= 15 is 0 Å². The number of nitrogens with zero attached hydrogens (tertiary/aromatic N) is 3. The van der Waals surface area contributed by atoms with E-state index in [2.05, 4.69) is 20.9 Å². The van der Waals surface area contributed by atoms with E-state index < -0.39 is 0 Å². The van der Waals surface area contributed by atoms with E-state index in [1.807, 2.05) is 42.8 Å². The Kier molecular flexibility index (Phi) is 6.82. The molecule has 144 valence electrons. The summed E-state index contributed by atoms with van der Waals surface area (Å²) in [6.07, 6.45) is 4.17. The fourth-order valence-corrected chi connectivity index (χ4v) is 3.38. The summed E-state index contributed by atoms with van der Waals surface area (Å²) in [5.41, 5.74) is 6.79. The molecule has 0 aliphatic carbocycles. The van der Waals surface area contributed by atoms with Gasteiger partial charge in [0.25, 0.3) is 0 Å². The summed E-state index contributed by atoms with van der Waals surface area (Å²) in [6, 6.07) is 7.79. The maximum atomic E-state index is 6.26. The summed E-state index contributed by atoms with van der Waals surface area (Å²) in [4.78, 5) is 0. The number of ether oxygens (including phenoxy) is 1. The molecule has 0 radical (unpaired) electrons. The van der Waals surface area contributed by atoms with Gasteiger partial charge in [0, 0.05) is 29.4 Å². The number of hydrogen-bond donors (Lipinski definition) is 2. The second-order valence-electron chi connectivity index (χ2n) is 6.55. The standard InChI is InChI=1S/C19H24ClN5OS/c1-13-17(11-22-23-19(27)21-10-16-7-5-9-26-16)14(2)25(24-13)12-15-6-3-4-8-18(15)20/h3-4,6,8,11,16H,5,7,9-10,12H2,1-2H3,(H2,21,23,27)/b22-11-/t16-/m1/s1. The maximum absolute atomic E-state index is 6.26. The third-order valence-corrected chi connectivity index (χ3v) is 5.19. The second kappa shape index (κ2) is 9.30.